The molecule has 13 heteroatoms. The van der Waals surface area contributed by atoms with Crippen LogP contribution in [0.15, 0.2) is 23.8 Å². The number of ketones is 1. The van der Waals surface area contributed by atoms with Crippen molar-refractivity contribution >= 4 is 5.78 Å². The molecule has 2 heterocycles. The Morgan fingerprint density at radius 1 is 0.855 bits per heavy atom. The van der Waals surface area contributed by atoms with Crippen LogP contribution in [0.4, 0.5) is 0 Å². The van der Waals surface area contributed by atoms with E-state index in [2.05, 4.69) is 40.7 Å². The lowest BCUT2D eigenvalue weighted by molar-refractivity contribution is -0.319. The molecule has 2 aliphatic heterocycles. The van der Waals surface area contributed by atoms with Crippen LogP contribution in [0.5, 0.6) is 0 Å². The fraction of sp³-hybridized carbons (Fsp3) is 0.881. The average molecular weight is 781 g/mol. The van der Waals surface area contributed by atoms with Crippen molar-refractivity contribution in [2.75, 3.05) is 6.61 Å². The molecule has 13 nitrogen and oxygen atoms in total. The highest BCUT2D eigenvalue weighted by Crippen LogP contribution is 2.74. The van der Waals surface area contributed by atoms with E-state index in [0.29, 0.717) is 32.1 Å². The third kappa shape index (κ3) is 6.93. The van der Waals surface area contributed by atoms with Crippen molar-refractivity contribution in [1.29, 1.82) is 0 Å². The fourth-order valence-electron chi connectivity index (χ4n) is 12.2. The van der Waals surface area contributed by atoms with Gasteiger partial charge in [0, 0.05) is 17.3 Å². The van der Waals surface area contributed by atoms with Crippen molar-refractivity contribution in [2.24, 2.45) is 39.4 Å². The summed E-state index contributed by atoms with van der Waals surface area (Å²) in [6.07, 6.45) is -2.84. The Morgan fingerprint density at radius 3 is 2.15 bits per heavy atom. The van der Waals surface area contributed by atoms with Crippen LogP contribution in [0.1, 0.15) is 107 Å². The first kappa shape index (κ1) is 43.3. The van der Waals surface area contributed by atoms with Gasteiger partial charge < -0.3 is 59.8 Å². The van der Waals surface area contributed by atoms with E-state index in [-0.39, 0.29) is 29.0 Å². The summed E-state index contributed by atoms with van der Waals surface area (Å²) in [7, 11) is 0. The molecule has 0 aromatic heterocycles. The van der Waals surface area contributed by atoms with Crippen molar-refractivity contribution in [3.8, 4) is 0 Å². The van der Waals surface area contributed by atoms with Gasteiger partial charge in [-0.15, -0.1) is 0 Å². The van der Waals surface area contributed by atoms with Gasteiger partial charge in [-0.3, -0.25) is 4.79 Å². The van der Waals surface area contributed by atoms with E-state index < -0.39 is 102 Å². The van der Waals surface area contributed by atoms with E-state index in [1.807, 2.05) is 19.1 Å². The molecule has 18 atom stereocenters. The SMILES string of the molecule is CC1OC(OC(C)(C)C=CCC(C)(O)C2CCC3(C)C4CC=C5C(CCC(OC6OC(CO)C(O)C(O)C6O)C5(C)C)C4(C)C(=O)CC23C)C(O)C(O)C1O. The summed E-state index contributed by atoms with van der Waals surface area (Å²) in [6, 6.07) is 0. The zero-order valence-corrected chi connectivity index (χ0v) is 34.1. The highest BCUT2D eigenvalue weighted by atomic mass is 16.7. The van der Waals surface area contributed by atoms with Crippen LogP contribution in [0.25, 0.3) is 0 Å². The Morgan fingerprint density at radius 2 is 1.49 bits per heavy atom. The van der Waals surface area contributed by atoms with Gasteiger partial charge in [-0.05, 0) is 94.8 Å². The lowest BCUT2D eigenvalue weighted by atomic mass is 9.38. The minimum absolute atomic E-state index is 0.0199. The number of aliphatic hydroxyl groups is 8. The Kier molecular flexibility index (Phi) is 11.6. The van der Waals surface area contributed by atoms with Crippen molar-refractivity contribution in [2.45, 2.75) is 186 Å². The summed E-state index contributed by atoms with van der Waals surface area (Å²) in [5.41, 5.74) is -2.78. The highest BCUT2D eigenvalue weighted by molar-refractivity contribution is 5.88. The summed E-state index contributed by atoms with van der Waals surface area (Å²) >= 11 is 0. The number of carbonyl (C=O) groups excluding carboxylic acids is 1. The van der Waals surface area contributed by atoms with Crippen molar-refractivity contribution in [3.63, 3.8) is 0 Å². The van der Waals surface area contributed by atoms with Crippen LogP contribution in [0.3, 0.4) is 0 Å². The number of rotatable bonds is 9. The lowest BCUT2D eigenvalue weighted by Crippen LogP contribution is -2.64. The van der Waals surface area contributed by atoms with Crippen LogP contribution in [0.2, 0.25) is 0 Å². The van der Waals surface area contributed by atoms with Gasteiger partial charge in [0.1, 0.15) is 48.5 Å². The Balaban J connectivity index is 1.18. The molecule has 0 aromatic rings. The maximum absolute atomic E-state index is 14.8. The number of Topliss-reactive ketones (excluding diaryl/α,β-unsaturated/α-hetero) is 1. The third-order valence-corrected chi connectivity index (χ3v) is 15.8. The maximum Gasteiger partial charge on any atom is 0.187 e. The molecule has 18 unspecified atom stereocenters. The molecule has 5 fully saturated rings. The zero-order valence-electron chi connectivity index (χ0n) is 34.1. The van der Waals surface area contributed by atoms with Gasteiger partial charge in [0.15, 0.2) is 12.6 Å². The number of aliphatic hydroxyl groups excluding tert-OH is 7. The third-order valence-electron chi connectivity index (χ3n) is 15.8. The zero-order chi connectivity index (χ0) is 40.8. The molecular formula is C42H68O13. The van der Waals surface area contributed by atoms with Crippen LogP contribution in [-0.2, 0) is 23.7 Å². The first-order valence-electron chi connectivity index (χ1n) is 20.3. The van der Waals surface area contributed by atoms with E-state index in [1.165, 1.54) is 0 Å². The summed E-state index contributed by atoms with van der Waals surface area (Å²) in [6.45, 7) is 17.4. The van der Waals surface area contributed by atoms with Gasteiger partial charge in [-0.25, -0.2) is 0 Å². The van der Waals surface area contributed by atoms with Crippen molar-refractivity contribution < 1.29 is 64.6 Å². The Labute approximate surface area is 325 Å². The molecule has 4 aliphatic carbocycles. The van der Waals surface area contributed by atoms with E-state index in [9.17, 15) is 45.6 Å². The number of hydrogen-bond donors (Lipinski definition) is 8. The van der Waals surface area contributed by atoms with Crippen molar-refractivity contribution in [1.82, 2.24) is 0 Å². The quantitative estimate of drug-likeness (QED) is 0.158. The number of allylic oxidation sites excluding steroid dienone is 1. The first-order valence-corrected chi connectivity index (χ1v) is 20.3. The monoisotopic (exact) mass is 780 g/mol. The second kappa shape index (κ2) is 14.7. The summed E-state index contributed by atoms with van der Waals surface area (Å²) < 4.78 is 23.8. The Hall–Kier alpha value is -1.33. The van der Waals surface area contributed by atoms with Gasteiger partial charge in [-0.2, -0.15) is 0 Å². The molecule has 8 N–H and O–H groups in total. The predicted octanol–water partition coefficient (Wildman–Crippen LogP) is 2.28. The first-order chi connectivity index (χ1) is 25.4. The molecule has 2 saturated heterocycles. The molecule has 6 aliphatic rings. The molecule has 0 radical (unpaired) electrons. The van der Waals surface area contributed by atoms with Gasteiger partial charge in [-0.1, -0.05) is 58.4 Å². The summed E-state index contributed by atoms with van der Waals surface area (Å²) in [5, 5.41) is 84.1. The van der Waals surface area contributed by atoms with Crippen LogP contribution < -0.4 is 0 Å². The number of carbonyl (C=O) groups is 1. The standard InChI is InChI=1S/C42H68O13/c1-21-29(45)31(47)34(50)36(52-21)55-37(2,3)16-10-17-41(8,51)25-15-18-39(6)26-13-11-22-23(42(26,9)27(44)19-40(25,39)7)12-14-28(38(22,4)5)54-35-33(49)32(48)30(46)24(20-43)53-35/h10-11,16,21,23-26,28-36,43,45-51H,12-15,17-20H2,1-9H3. The molecule has 6 rings (SSSR count). The molecule has 314 valence electrons. The van der Waals surface area contributed by atoms with E-state index in [1.54, 1.807) is 20.8 Å². The summed E-state index contributed by atoms with van der Waals surface area (Å²) in [4.78, 5) is 14.8. The lowest BCUT2D eigenvalue weighted by Gasteiger charge is -2.65. The van der Waals surface area contributed by atoms with Crippen LogP contribution in [0, 0.1) is 39.4 Å². The molecule has 0 amide bonds. The fourth-order valence-corrected chi connectivity index (χ4v) is 12.2. The van der Waals surface area contributed by atoms with Gasteiger partial charge in [0.05, 0.1) is 30.0 Å². The minimum Gasteiger partial charge on any atom is -0.394 e. The summed E-state index contributed by atoms with van der Waals surface area (Å²) in [5.74, 6) is 0.101. The number of hydrogen-bond acceptors (Lipinski definition) is 13. The molecule has 0 aromatic carbocycles. The molecule has 0 spiro atoms. The largest absolute Gasteiger partial charge is 0.394 e. The molecular weight excluding hydrogens is 712 g/mol. The normalized spacial score (nSPS) is 49.8. The second-order valence-electron chi connectivity index (χ2n) is 19.8. The Bertz CT molecular complexity index is 1490. The van der Waals surface area contributed by atoms with Gasteiger partial charge in [0.2, 0.25) is 0 Å². The van der Waals surface area contributed by atoms with E-state index in [4.69, 9.17) is 18.9 Å². The topological polar surface area (TPSA) is 216 Å². The van der Waals surface area contributed by atoms with Crippen LogP contribution in [-0.4, -0.2) is 132 Å². The molecule has 0 bridgehead atoms. The minimum atomic E-state index is -1.53. The van der Waals surface area contributed by atoms with Crippen LogP contribution >= 0.6 is 0 Å². The number of ether oxygens (including phenoxy) is 4. The predicted molar refractivity (Wildman–Crippen MR) is 200 cm³/mol. The highest BCUT2D eigenvalue weighted by Gasteiger charge is 2.71. The second-order valence-corrected chi connectivity index (χ2v) is 19.8. The van der Waals surface area contributed by atoms with E-state index in [0.717, 1.165) is 18.4 Å². The van der Waals surface area contributed by atoms with Gasteiger partial charge in [0.25, 0.3) is 0 Å². The number of fused-ring (bicyclic) bond motifs is 5. The average Bonchev–Trinajstić information content (AvgIpc) is 3.38. The smallest absolute Gasteiger partial charge is 0.187 e. The van der Waals surface area contributed by atoms with Gasteiger partial charge >= 0.3 is 0 Å². The maximum atomic E-state index is 14.8. The van der Waals surface area contributed by atoms with E-state index >= 15 is 0 Å². The molecule has 55 heavy (non-hydrogen) atoms. The van der Waals surface area contributed by atoms with Crippen molar-refractivity contribution in [3.05, 3.63) is 23.8 Å². The molecule has 3 saturated carbocycles.